The summed E-state index contributed by atoms with van der Waals surface area (Å²) in [6.07, 6.45) is 0.927. The Morgan fingerprint density at radius 1 is 1.12 bits per heavy atom. The SMILES string of the molecule is Fc1ccc(N2CCC(Nc3nnnn3-c3ccccc3)C2)cc1Cl. The summed E-state index contributed by atoms with van der Waals surface area (Å²) in [5, 5.41) is 15.4. The molecule has 4 rings (SSSR count). The highest BCUT2D eigenvalue weighted by molar-refractivity contribution is 6.31. The number of aromatic nitrogens is 4. The fraction of sp³-hybridized carbons (Fsp3) is 0.235. The van der Waals surface area contributed by atoms with E-state index < -0.39 is 5.82 Å². The number of para-hydroxylation sites is 1. The molecule has 128 valence electrons. The number of hydrogen-bond donors (Lipinski definition) is 1. The second-order valence-electron chi connectivity index (χ2n) is 5.92. The molecule has 0 radical (unpaired) electrons. The maximum atomic E-state index is 13.3. The second-order valence-corrected chi connectivity index (χ2v) is 6.33. The maximum absolute atomic E-state index is 13.3. The molecule has 3 aromatic rings. The first-order chi connectivity index (χ1) is 12.2. The van der Waals surface area contributed by atoms with Crippen molar-refractivity contribution in [3.8, 4) is 5.69 Å². The van der Waals surface area contributed by atoms with Gasteiger partial charge in [0.25, 0.3) is 0 Å². The van der Waals surface area contributed by atoms with Crippen LogP contribution in [-0.4, -0.2) is 39.3 Å². The summed E-state index contributed by atoms with van der Waals surface area (Å²) in [5.41, 5.74) is 1.81. The number of anilines is 2. The van der Waals surface area contributed by atoms with Gasteiger partial charge in [-0.1, -0.05) is 34.9 Å². The molecule has 1 N–H and O–H groups in total. The molecule has 1 aliphatic heterocycles. The van der Waals surface area contributed by atoms with Crippen LogP contribution in [0.3, 0.4) is 0 Å². The van der Waals surface area contributed by atoms with Crippen LogP contribution in [0.5, 0.6) is 0 Å². The summed E-state index contributed by atoms with van der Waals surface area (Å²) in [6, 6.07) is 14.7. The van der Waals surface area contributed by atoms with Crippen molar-refractivity contribution in [3.05, 3.63) is 59.4 Å². The van der Waals surface area contributed by atoms with Crippen molar-refractivity contribution in [2.24, 2.45) is 0 Å². The summed E-state index contributed by atoms with van der Waals surface area (Å²) in [7, 11) is 0. The van der Waals surface area contributed by atoms with Crippen molar-refractivity contribution >= 4 is 23.2 Å². The fourth-order valence-electron chi connectivity index (χ4n) is 3.00. The molecule has 2 heterocycles. The predicted octanol–water partition coefficient (Wildman–Crippen LogP) is 3.15. The Bertz CT molecular complexity index is 869. The summed E-state index contributed by atoms with van der Waals surface area (Å²) in [5.74, 6) is 0.205. The van der Waals surface area contributed by atoms with Gasteiger partial charge in [0.05, 0.1) is 10.7 Å². The van der Waals surface area contributed by atoms with Crippen LogP contribution in [0.4, 0.5) is 16.0 Å². The van der Waals surface area contributed by atoms with E-state index in [0.717, 1.165) is 30.9 Å². The molecule has 1 aliphatic rings. The van der Waals surface area contributed by atoms with Crippen LogP contribution in [0, 0.1) is 5.82 Å². The number of hydrogen-bond acceptors (Lipinski definition) is 5. The molecule has 25 heavy (non-hydrogen) atoms. The van der Waals surface area contributed by atoms with E-state index in [2.05, 4.69) is 25.7 Å². The zero-order valence-corrected chi connectivity index (χ0v) is 14.1. The third-order valence-corrected chi connectivity index (χ3v) is 4.55. The zero-order chi connectivity index (χ0) is 17.2. The molecule has 1 fully saturated rings. The normalized spacial score (nSPS) is 17.0. The van der Waals surface area contributed by atoms with Crippen molar-refractivity contribution in [2.75, 3.05) is 23.3 Å². The molecule has 1 saturated heterocycles. The van der Waals surface area contributed by atoms with Gasteiger partial charge in [0.1, 0.15) is 5.82 Å². The van der Waals surface area contributed by atoms with Crippen LogP contribution < -0.4 is 10.2 Å². The van der Waals surface area contributed by atoms with Gasteiger partial charge < -0.3 is 10.2 Å². The largest absolute Gasteiger partial charge is 0.369 e. The van der Waals surface area contributed by atoms with Gasteiger partial charge in [0.2, 0.25) is 5.95 Å². The van der Waals surface area contributed by atoms with E-state index in [9.17, 15) is 4.39 Å². The molecule has 6 nitrogen and oxygen atoms in total. The number of nitrogens with zero attached hydrogens (tertiary/aromatic N) is 5. The monoisotopic (exact) mass is 358 g/mol. The van der Waals surface area contributed by atoms with E-state index in [4.69, 9.17) is 11.6 Å². The molecular weight excluding hydrogens is 343 g/mol. The van der Waals surface area contributed by atoms with E-state index in [1.807, 2.05) is 30.3 Å². The molecule has 0 bridgehead atoms. The Morgan fingerprint density at radius 3 is 2.76 bits per heavy atom. The smallest absolute Gasteiger partial charge is 0.248 e. The summed E-state index contributed by atoms with van der Waals surface area (Å²) >= 11 is 5.89. The van der Waals surface area contributed by atoms with E-state index >= 15 is 0 Å². The topological polar surface area (TPSA) is 58.9 Å². The van der Waals surface area contributed by atoms with Crippen LogP contribution in [0.1, 0.15) is 6.42 Å². The van der Waals surface area contributed by atoms with Crippen molar-refractivity contribution < 1.29 is 4.39 Å². The second kappa shape index (κ2) is 6.68. The standard InChI is InChI=1S/C17H16ClFN6/c18-15-10-14(6-7-16(15)19)24-9-8-12(11-24)20-17-21-22-23-25(17)13-4-2-1-3-5-13/h1-7,10,12H,8-9,11H2,(H,20,21,23). The molecule has 2 aromatic carbocycles. The Balaban J connectivity index is 1.47. The number of nitrogens with one attached hydrogen (secondary N) is 1. The number of tetrazole rings is 1. The number of rotatable bonds is 4. The Hall–Kier alpha value is -2.67. The van der Waals surface area contributed by atoms with Crippen molar-refractivity contribution in [3.63, 3.8) is 0 Å². The number of benzene rings is 2. The van der Waals surface area contributed by atoms with Crippen LogP contribution in [0.15, 0.2) is 48.5 Å². The Morgan fingerprint density at radius 2 is 1.96 bits per heavy atom. The van der Waals surface area contributed by atoms with E-state index in [0.29, 0.717) is 5.95 Å². The molecule has 0 aliphatic carbocycles. The summed E-state index contributed by atoms with van der Waals surface area (Å²) in [4.78, 5) is 2.17. The molecule has 0 saturated carbocycles. The van der Waals surface area contributed by atoms with Crippen molar-refractivity contribution in [1.29, 1.82) is 0 Å². The predicted molar refractivity (Wildman–Crippen MR) is 94.8 cm³/mol. The highest BCUT2D eigenvalue weighted by atomic mass is 35.5. The van der Waals surface area contributed by atoms with E-state index in [1.165, 1.54) is 6.07 Å². The van der Waals surface area contributed by atoms with Crippen LogP contribution in [0.2, 0.25) is 5.02 Å². The van der Waals surface area contributed by atoms with Gasteiger partial charge in [0.15, 0.2) is 0 Å². The lowest BCUT2D eigenvalue weighted by atomic mass is 10.2. The first-order valence-electron chi connectivity index (χ1n) is 8.01. The molecule has 0 spiro atoms. The van der Waals surface area contributed by atoms with Gasteiger partial charge >= 0.3 is 0 Å². The summed E-state index contributed by atoms with van der Waals surface area (Å²) in [6.45, 7) is 1.62. The van der Waals surface area contributed by atoms with Gasteiger partial charge in [0, 0.05) is 24.8 Å². The lowest BCUT2D eigenvalue weighted by molar-refractivity contribution is 0.628. The third kappa shape index (κ3) is 3.28. The lowest BCUT2D eigenvalue weighted by Gasteiger charge is -2.19. The minimum atomic E-state index is -0.402. The van der Waals surface area contributed by atoms with Gasteiger partial charge in [-0.2, -0.15) is 4.68 Å². The van der Waals surface area contributed by atoms with E-state index in [-0.39, 0.29) is 11.1 Å². The third-order valence-electron chi connectivity index (χ3n) is 4.26. The molecule has 8 heteroatoms. The highest BCUT2D eigenvalue weighted by Crippen LogP contribution is 2.26. The minimum Gasteiger partial charge on any atom is -0.369 e. The molecule has 1 unspecified atom stereocenters. The average Bonchev–Trinajstić information content (AvgIpc) is 3.28. The molecule has 1 aromatic heterocycles. The van der Waals surface area contributed by atoms with Crippen molar-refractivity contribution in [2.45, 2.75) is 12.5 Å². The van der Waals surface area contributed by atoms with Crippen LogP contribution in [0.25, 0.3) is 5.69 Å². The quantitative estimate of drug-likeness (QED) is 0.776. The minimum absolute atomic E-state index is 0.141. The maximum Gasteiger partial charge on any atom is 0.248 e. The van der Waals surface area contributed by atoms with Gasteiger partial charge in [-0.3, -0.25) is 0 Å². The highest BCUT2D eigenvalue weighted by Gasteiger charge is 2.25. The van der Waals surface area contributed by atoms with Crippen LogP contribution >= 0.6 is 11.6 Å². The molecular formula is C17H16ClFN6. The fourth-order valence-corrected chi connectivity index (χ4v) is 3.17. The van der Waals surface area contributed by atoms with Gasteiger partial charge in [-0.15, -0.1) is 0 Å². The Kier molecular flexibility index (Phi) is 4.23. The molecule has 1 atom stereocenters. The molecule has 0 amide bonds. The lowest BCUT2D eigenvalue weighted by Crippen LogP contribution is -2.27. The van der Waals surface area contributed by atoms with Gasteiger partial charge in [-0.25, -0.2) is 4.39 Å². The summed E-state index contributed by atoms with van der Waals surface area (Å²) < 4.78 is 15.0. The van der Waals surface area contributed by atoms with Crippen LogP contribution in [-0.2, 0) is 0 Å². The van der Waals surface area contributed by atoms with Crippen molar-refractivity contribution in [1.82, 2.24) is 20.2 Å². The number of halogens is 2. The van der Waals surface area contributed by atoms with Gasteiger partial charge in [-0.05, 0) is 47.2 Å². The first kappa shape index (κ1) is 15.8. The zero-order valence-electron chi connectivity index (χ0n) is 13.3. The van der Waals surface area contributed by atoms with E-state index in [1.54, 1.807) is 16.8 Å². The first-order valence-corrected chi connectivity index (χ1v) is 8.39. The average molecular weight is 359 g/mol. The Labute approximate surface area is 149 Å².